The highest BCUT2D eigenvalue weighted by molar-refractivity contribution is 4.96. The average Bonchev–Trinajstić information content (AvgIpc) is 2.58. The maximum Gasteiger partial charge on any atom is 0.159 e. The minimum Gasteiger partial charge on any atom is -0.294 e. The fourth-order valence-electron chi connectivity index (χ4n) is 1.15. The van der Waals surface area contributed by atoms with Crippen molar-refractivity contribution in [3.63, 3.8) is 0 Å². The first-order valence-electron chi connectivity index (χ1n) is 3.70. The molecule has 0 radical (unpaired) electrons. The maximum absolute atomic E-state index is 4.12. The van der Waals surface area contributed by atoms with Crippen LogP contribution in [0.2, 0.25) is 0 Å². The van der Waals surface area contributed by atoms with Crippen LogP contribution < -0.4 is 10.6 Å². The maximum atomic E-state index is 4.12. The summed E-state index contributed by atoms with van der Waals surface area (Å²) in [6.45, 7) is 1.98. The van der Waals surface area contributed by atoms with Crippen molar-refractivity contribution < 1.29 is 0 Å². The Hall–Kier alpha value is -1.00. The minimum atomic E-state index is 0.149. The summed E-state index contributed by atoms with van der Waals surface area (Å²) in [6.07, 6.45) is 3.66. The number of nitrogens with zero attached hydrogens (tertiary/aromatic N) is 2. The molecule has 2 N–H and O–H groups in total. The minimum absolute atomic E-state index is 0.149. The molecule has 4 heteroatoms. The number of hydrogen-bond acceptors (Lipinski definition) is 4. The smallest absolute Gasteiger partial charge is 0.159 e. The van der Waals surface area contributed by atoms with Gasteiger partial charge in [0, 0.05) is 25.5 Å². The van der Waals surface area contributed by atoms with Crippen molar-refractivity contribution in [3.05, 3.63) is 24.3 Å². The summed E-state index contributed by atoms with van der Waals surface area (Å²) in [5.74, 6) is 0.824. The van der Waals surface area contributed by atoms with Crippen LogP contribution >= 0.6 is 0 Å². The summed E-state index contributed by atoms with van der Waals surface area (Å²) in [7, 11) is 0. The van der Waals surface area contributed by atoms with Gasteiger partial charge in [-0.05, 0) is 6.07 Å². The summed E-state index contributed by atoms with van der Waals surface area (Å²) in [4.78, 5) is 8.25. The zero-order valence-electron chi connectivity index (χ0n) is 6.12. The van der Waals surface area contributed by atoms with E-state index in [1.807, 2.05) is 6.07 Å². The van der Waals surface area contributed by atoms with Gasteiger partial charge in [-0.3, -0.25) is 10.6 Å². The second-order valence-corrected chi connectivity index (χ2v) is 2.45. The van der Waals surface area contributed by atoms with Crippen molar-refractivity contribution in [1.82, 2.24) is 20.6 Å². The molecule has 1 aromatic rings. The Morgan fingerprint density at radius 1 is 1.18 bits per heavy atom. The molecular weight excluding hydrogens is 140 g/mol. The van der Waals surface area contributed by atoms with Gasteiger partial charge in [0.25, 0.3) is 0 Å². The van der Waals surface area contributed by atoms with Crippen LogP contribution in [-0.4, -0.2) is 23.1 Å². The van der Waals surface area contributed by atoms with Crippen LogP contribution in [0.3, 0.4) is 0 Å². The third-order valence-corrected chi connectivity index (χ3v) is 1.67. The molecule has 0 spiro atoms. The van der Waals surface area contributed by atoms with E-state index in [4.69, 9.17) is 0 Å². The van der Waals surface area contributed by atoms with Crippen LogP contribution in [0, 0.1) is 0 Å². The fourth-order valence-corrected chi connectivity index (χ4v) is 1.15. The molecule has 1 saturated heterocycles. The molecule has 0 aliphatic carbocycles. The number of aromatic nitrogens is 2. The van der Waals surface area contributed by atoms with Gasteiger partial charge in [-0.25, -0.2) is 9.97 Å². The van der Waals surface area contributed by atoms with Gasteiger partial charge in [-0.1, -0.05) is 0 Å². The van der Waals surface area contributed by atoms with Gasteiger partial charge in [0.2, 0.25) is 0 Å². The first-order valence-corrected chi connectivity index (χ1v) is 3.70. The topological polar surface area (TPSA) is 49.8 Å². The van der Waals surface area contributed by atoms with E-state index in [-0.39, 0.29) is 6.17 Å². The van der Waals surface area contributed by atoms with Crippen molar-refractivity contribution in [2.24, 2.45) is 0 Å². The first kappa shape index (κ1) is 6.69. The van der Waals surface area contributed by atoms with Crippen molar-refractivity contribution in [1.29, 1.82) is 0 Å². The second kappa shape index (κ2) is 2.94. The molecular formula is C7H10N4. The molecule has 0 bridgehead atoms. The van der Waals surface area contributed by atoms with Crippen molar-refractivity contribution in [2.75, 3.05) is 13.1 Å². The third-order valence-electron chi connectivity index (χ3n) is 1.67. The Balaban J connectivity index is 2.16. The largest absolute Gasteiger partial charge is 0.294 e. The molecule has 0 amide bonds. The molecule has 58 valence electrons. The number of nitrogens with one attached hydrogen (secondary N) is 2. The third kappa shape index (κ3) is 1.36. The van der Waals surface area contributed by atoms with Crippen LogP contribution in [0.4, 0.5) is 0 Å². The quantitative estimate of drug-likeness (QED) is 0.575. The predicted octanol–water partition coefficient (Wildman–Crippen LogP) is -0.332. The lowest BCUT2D eigenvalue weighted by atomic mass is 10.4. The van der Waals surface area contributed by atoms with E-state index in [1.165, 1.54) is 0 Å². The molecule has 0 saturated carbocycles. The van der Waals surface area contributed by atoms with Gasteiger partial charge in [-0.15, -0.1) is 0 Å². The lowest BCUT2D eigenvalue weighted by molar-refractivity contribution is 0.552. The Bertz CT molecular complexity index is 217. The van der Waals surface area contributed by atoms with Gasteiger partial charge in [-0.2, -0.15) is 0 Å². The van der Waals surface area contributed by atoms with Crippen molar-refractivity contribution in [2.45, 2.75) is 6.17 Å². The van der Waals surface area contributed by atoms with Crippen molar-refractivity contribution >= 4 is 0 Å². The normalized spacial score (nSPS) is 18.9. The Kier molecular flexibility index (Phi) is 1.79. The van der Waals surface area contributed by atoms with E-state index in [2.05, 4.69) is 20.6 Å². The van der Waals surface area contributed by atoms with Gasteiger partial charge in [0.15, 0.2) is 5.82 Å². The average molecular weight is 150 g/mol. The highest BCUT2D eigenvalue weighted by Crippen LogP contribution is 2.04. The summed E-state index contributed by atoms with van der Waals surface area (Å²) < 4.78 is 0. The Morgan fingerprint density at radius 2 is 1.82 bits per heavy atom. The molecule has 0 atom stereocenters. The zero-order chi connectivity index (χ0) is 7.52. The van der Waals surface area contributed by atoms with Crippen LogP contribution in [0.5, 0.6) is 0 Å². The van der Waals surface area contributed by atoms with E-state index in [9.17, 15) is 0 Å². The number of hydrogen-bond donors (Lipinski definition) is 2. The molecule has 1 aromatic heterocycles. The summed E-state index contributed by atoms with van der Waals surface area (Å²) in [5.41, 5.74) is 0. The Labute approximate surface area is 65.1 Å². The summed E-state index contributed by atoms with van der Waals surface area (Å²) in [6, 6.07) is 1.82. The molecule has 1 fully saturated rings. The molecule has 0 unspecified atom stereocenters. The van der Waals surface area contributed by atoms with Crippen molar-refractivity contribution in [3.8, 4) is 0 Å². The van der Waals surface area contributed by atoms with E-state index >= 15 is 0 Å². The highest BCUT2D eigenvalue weighted by atomic mass is 15.2. The van der Waals surface area contributed by atoms with Gasteiger partial charge < -0.3 is 0 Å². The van der Waals surface area contributed by atoms with E-state index in [0.29, 0.717) is 0 Å². The lowest BCUT2D eigenvalue weighted by Gasteiger charge is -2.06. The predicted molar refractivity (Wildman–Crippen MR) is 40.8 cm³/mol. The molecule has 0 aromatic carbocycles. The molecule has 2 heterocycles. The highest BCUT2D eigenvalue weighted by Gasteiger charge is 2.16. The summed E-state index contributed by atoms with van der Waals surface area (Å²) in [5, 5.41) is 6.47. The van der Waals surface area contributed by atoms with Crippen LogP contribution in [0.25, 0.3) is 0 Å². The number of rotatable bonds is 1. The molecule has 4 nitrogen and oxygen atoms in total. The molecule has 11 heavy (non-hydrogen) atoms. The van der Waals surface area contributed by atoms with Gasteiger partial charge in [0.05, 0.1) is 0 Å². The lowest BCUT2D eigenvalue weighted by Crippen LogP contribution is -2.23. The van der Waals surface area contributed by atoms with Crippen LogP contribution in [-0.2, 0) is 0 Å². The first-order chi connectivity index (χ1) is 5.47. The molecule has 2 rings (SSSR count). The zero-order valence-corrected chi connectivity index (χ0v) is 6.12. The summed E-state index contributed by atoms with van der Waals surface area (Å²) >= 11 is 0. The standard InChI is InChI=1S/C7H10N4/c1-2-8-6(9-3-1)7-10-4-5-11-7/h1-3,7,10-11H,4-5H2. The van der Waals surface area contributed by atoms with E-state index < -0.39 is 0 Å². The Morgan fingerprint density at radius 3 is 2.45 bits per heavy atom. The van der Waals surface area contributed by atoms with E-state index in [1.54, 1.807) is 12.4 Å². The van der Waals surface area contributed by atoms with Gasteiger partial charge in [0.1, 0.15) is 6.17 Å². The van der Waals surface area contributed by atoms with Gasteiger partial charge >= 0.3 is 0 Å². The molecule has 1 aliphatic heterocycles. The monoisotopic (exact) mass is 150 g/mol. The SMILES string of the molecule is c1cnc(C2NCCN2)nc1. The fraction of sp³-hybridized carbons (Fsp3) is 0.429. The van der Waals surface area contributed by atoms with E-state index in [0.717, 1.165) is 18.9 Å². The molecule has 1 aliphatic rings. The van der Waals surface area contributed by atoms with Crippen LogP contribution in [0.1, 0.15) is 12.0 Å². The second-order valence-electron chi connectivity index (χ2n) is 2.45. The van der Waals surface area contributed by atoms with Crippen LogP contribution in [0.15, 0.2) is 18.5 Å².